The monoisotopic (exact) mass is 235 g/mol. The first kappa shape index (κ1) is 11.3. The van der Waals surface area contributed by atoms with E-state index >= 15 is 0 Å². The van der Waals surface area contributed by atoms with E-state index in [9.17, 15) is 0 Å². The van der Waals surface area contributed by atoms with Crippen molar-refractivity contribution in [2.45, 2.75) is 32.2 Å². The zero-order chi connectivity index (χ0) is 11.8. The number of nitrogens with zero attached hydrogens (tertiary/aromatic N) is 2. The number of nitrogens with two attached hydrogens (primary N) is 1. The van der Waals surface area contributed by atoms with Crippen molar-refractivity contribution in [1.82, 2.24) is 4.98 Å². The second-order valence-corrected chi connectivity index (χ2v) is 5.27. The summed E-state index contributed by atoms with van der Waals surface area (Å²) in [6, 6.07) is 4.00. The first-order valence-corrected chi connectivity index (χ1v) is 5.95. The number of anilines is 1. The van der Waals surface area contributed by atoms with Crippen LogP contribution in [0.2, 0.25) is 0 Å². The lowest BCUT2D eigenvalue weighted by Gasteiger charge is -2.33. The normalized spacial score (nSPS) is 18.8. The molecule has 1 aliphatic rings. The van der Waals surface area contributed by atoms with Gasteiger partial charge < -0.3 is 10.6 Å². The standard InChI is InChI=1S/C12H17N3S/c1-12(2)5-3-7-15(12)9-4-6-14-10(8-9)11(13)16/h4,6,8H,3,5,7H2,1-2H3,(H2,13,16). The third-order valence-corrected chi connectivity index (χ3v) is 3.42. The van der Waals surface area contributed by atoms with E-state index in [4.69, 9.17) is 18.0 Å². The summed E-state index contributed by atoms with van der Waals surface area (Å²) in [5, 5.41) is 0. The Labute approximate surface area is 102 Å². The van der Waals surface area contributed by atoms with Gasteiger partial charge in [-0.2, -0.15) is 0 Å². The summed E-state index contributed by atoms with van der Waals surface area (Å²) < 4.78 is 0. The van der Waals surface area contributed by atoms with Crippen molar-refractivity contribution in [3.63, 3.8) is 0 Å². The van der Waals surface area contributed by atoms with Gasteiger partial charge in [-0.15, -0.1) is 0 Å². The Hall–Kier alpha value is -1.16. The third-order valence-electron chi connectivity index (χ3n) is 3.21. The SMILES string of the molecule is CC1(C)CCCN1c1ccnc(C(N)=S)c1. The highest BCUT2D eigenvalue weighted by Gasteiger charge is 2.31. The van der Waals surface area contributed by atoms with Crippen LogP contribution in [-0.2, 0) is 0 Å². The van der Waals surface area contributed by atoms with Crippen LogP contribution >= 0.6 is 12.2 Å². The van der Waals surface area contributed by atoms with Gasteiger partial charge in [0.1, 0.15) is 4.99 Å². The minimum absolute atomic E-state index is 0.217. The van der Waals surface area contributed by atoms with Crippen molar-refractivity contribution in [1.29, 1.82) is 0 Å². The molecule has 0 amide bonds. The van der Waals surface area contributed by atoms with Crippen LogP contribution in [0.25, 0.3) is 0 Å². The van der Waals surface area contributed by atoms with Crippen molar-refractivity contribution in [2.75, 3.05) is 11.4 Å². The van der Waals surface area contributed by atoms with Crippen molar-refractivity contribution in [2.24, 2.45) is 5.73 Å². The van der Waals surface area contributed by atoms with Crippen molar-refractivity contribution >= 4 is 22.9 Å². The number of hydrogen-bond donors (Lipinski definition) is 1. The number of hydrogen-bond acceptors (Lipinski definition) is 3. The van der Waals surface area contributed by atoms with Gasteiger partial charge in [-0.05, 0) is 38.8 Å². The predicted molar refractivity (Wildman–Crippen MR) is 70.8 cm³/mol. The lowest BCUT2D eigenvalue weighted by atomic mass is 10.0. The second-order valence-electron chi connectivity index (χ2n) is 4.83. The van der Waals surface area contributed by atoms with Gasteiger partial charge in [0.2, 0.25) is 0 Å². The maximum atomic E-state index is 5.60. The zero-order valence-corrected chi connectivity index (χ0v) is 10.5. The molecule has 3 nitrogen and oxygen atoms in total. The van der Waals surface area contributed by atoms with Crippen LogP contribution in [0.15, 0.2) is 18.3 Å². The first-order chi connectivity index (χ1) is 7.50. The lowest BCUT2D eigenvalue weighted by molar-refractivity contribution is 0.518. The molecule has 1 saturated heterocycles. The molecule has 1 fully saturated rings. The second kappa shape index (κ2) is 4.01. The number of aromatic nitrogens is 1. The minimum Gasteiger partial charge on any atom is -0.388 e. The van der Waals surface area contributed by atoms with Crippen molar-refractivity contribution < 1.29 is 0 Å². The molecule has 2 N–H and O–H groups in total. The molecule has 2 heterocycles. The molecular weight excluding hydrogens is 218 g/mol. The maximum absolute atomic E-state index is 5.60. The molecule has 1 aromatic heterocycles. The van der Waals surface area contributed by atoms with Gasteiger partial charge in [0.25, 0.3) is 0 Å². The molecule has 86 valence electrons. The van der Waals surface area contributed by atoms with Gasteiger partial charge in [-0.25, -0.2) is 0 Å². The molecule has 16 heavy (non-hydrogen) atoms. The van der Waals surface area contributed by atoms with E-state index < -0.39 is 0 Å². The first-order valence-electron chi connectivity index (χ1n) is 5.54. The average Bonchev–Trinajstić information content (AvgIpc) is 2.58. The highest BCUT2D eigenvalue weighted by Crippen LogP contribution is 2.33. The number of pyridine rings is 1. The maximum Gasteiger partial charge on any atom is 0.122 e. The molecule has 4 heteroatoms. The summed E-state index contributed by atoms with van der Waals surface area (Å²) in [5.74, 6) is 0. The molecule has 0 saturated carbocycles. The van der Waals surface area contributed by atoms with E-state index in [1.165, 1.54) is 18.5 Å². The molecule has 0 unspecified atom stereocenters. The summed E-state index contributed by atoms with van der Waals surface area (Å²) in [6.07, 6.45) is 4.23. The summed E-state index contributed by atoms with van der Waals surface area (Å²) in [4.78, 5) is 6.92. The number of thiocarbonyl (C=S) groups is 1. The molecule has 1 aromatic rings. The van der Waals surface area contributed by atoms with Crippen LogP contribution in [0.3, 0.4) is 0 Å². The smallest absolute Gasteiger partial charge is 0.122 e. The van der Waals surface area contributed by atoms with Gasteiger partial charge in [0, 0.05) is 24.0 Å². The van der Waals surface area contributed by atoms with E-state index in [1.807, 2.05) is 12.1 Å². The van der Waals surface area contributed by atoms with E-state index in [2.05, 4.69) is 23.7 Å². The molecule has 0 radical (unpaired) electrons. The fourth-order valence-corrected chi connectivity index (χ4v) is 2.42. The zero-order valence-electron chi connectivity index (χ0n) is 9.73. The Morgan fingerprint density at radius 2 is 2.31 bits per heavy atom. The van der Waals surface area contributed by atoms with E-state index in [-0.39, 0.29) is 5.54 Å². The highest BCUT2D eigenvalue weighted by molar-refractivity contribution is 7.80. The summed E-state index contributed by atoms with van der Waals surface area (Å²) in [7, 11) is 0. The fourth-order valence-electron chi connectivity index (χ4n) is 2.31. The van der Waals surface area contributed by atoms with E-state index in [1.54, 1.807) is 6.20 Å². The van der Waals surface area contributed by atoms with Gasteiger partial charge in [-0.1, -0.05) is 12.2 Å². The summed E-state index contributed by atoms with van der Waals surface area (Å²) in [5.41, 5.74) is 7.69. The minimum atomic E-state index is 0.217. The van der Waals surface area contributed by atoms with Gasteiger partial charge in [0.05, 0.1) is 5.69 Å². The van der Waals surface area contributed by atoms with Crippen LogP contribution in [-0.4, -0.2) is 22.1 Å². The van der Waals surface area contributed by atoms with Gasteiger partial charge >= 0.3 is 0 Å². The third kappa shape index (κ3) is 2.02. The van der Waals surface area contributed by atoms with Crippen molar-refractivity contribution in [3.05, 3.63) is 24.0 Å². The van der Waals surface area contributed by atoms with Gasteiger partial charge in [0.15, 0.2) is 0 Å². The van der Waals surface area contributed by atoms with Crippen LogP contribution in [0.1, 0.15) is 32.4 Å². The van der Waals surface area contributed by atoms with Crippen molar-refractivity contribution in [3.8, 4) is 0 Å². The Morgan fingerprint density at radius 1 is 1.56 bits per heavy atom. The van der Waals surface area contributed by atoms with Crippen LogP contribution in [0.4, 0.5) is 5.69 Å². The Kier molecular flexibility index (Phi) is 2.84. The van der Waals surface area contributed by atoms with Crippen LogP contribution in [0.5, 0.6) is 0 Å². The Morgan fingerprint density at radius 3 is 2.88 bits per heavy atom. The molecule has 0 aromatic carbocycles. The molecule has 0 spiro atoms. The molecule has 0 aliphatic carbocycles. The molecule has 2 rings (SSSR count). The summed E-state index contributed by atoms with van der Waals surface area (Å²) >= 11 is 4.95. The highest BCUT2D eigenvalue weighted by atomic mass is 32.1. The van der Waals surface area contributed by atoms with Crippen LogP contribution < -0.4 is 10.6 Å². The summed E-state index contributed by atoms with van der Waals surface area (Å²) in [6.45, 7) is 5.62. The average molecular weight is 235 g/mol. The molecule has 1 aliphatic heterocycles. The predicted octanol–water partition coefficient (Wildman–Crippen LogP) is 2.09. The van der Waals surface area contributed by atoms with Crippen LogP contribution in [0, 0.1) is 0 Å². The number of rotatable bonds is 2. The molecule has 0 bridgehead atoms. The lowest BCUT2D eigenvalue weighted by Crippen LogP contribution is -2.38. The molecular formula is C12H17N3S. The Balaban J connectivity index is 2.34. The topological polar surface area (TPSA) is 42.2 Å². The van der Waals surface area contributed by atoms with Gasteiger partial charge in [-0.3, -0.25) is 4.98 Å². The largest absolute Gasteiger partial charge is 0.388 e. The van der Waals surface area contributed by atoms with E-state index in [0.717, 1.165) is 6.54 Å². The quantitative estimate of drug-likeness (QED) is 0.797. The fraction of sp³-hybridized carbons (Fsp3) is 0.500. The molecule has 0 atom stereocenters. The van der Waals surface area contributed by atoms with E-state index in [0.29, 0.717) is 10.7 Å². The Bertz CT molecular complexity index is 414.